The molecule has 1 fully saturated rings. The normalized spacial score (nSPS) is 15.4. The van der Waals surface area contributed by atoms with Crippen LogP contribution in [0.25, 0.3) is 5.65 Å². The fourth-order valence-corrected chi connectivity index (χ4v) is 4.10. The molecular weight excluding hydrogens is 362 g/mol. The highest BCUT2D eigenvalue weighted by molar-refractivity contribution is 5.99. The fourth-order valence-electron chi connectivity index (χ4n) is 4.10. The number of nitrogens with zero attached hydrogens (tertiary/aromatic N) is 4. The van der Waals surface area contributed by atoms with E-state index in [0.29, 0.717) is 17.8 Å². The third-order valence-corrected chi connectivity index (χ3v) is 5.57. The summed E-state index contributed by atoms with van der Waals surface area (Å²) in [5.74, 6) is -0.143. The van der Waals surface area contributed by atoms with Crippen LogP contribution in [0, 0.1) is 13.8 Å². The van der Waals surface area contributed by atoms with E-state index in [1.807, 2.05) is 19.9 Å². The second-order valence-electron chi connectivity index (χ2n) is 8.03. The van der Waals surface area contributed by atoms with Crippen molar-refractivity contribution in [3.8, 4) is 0 Å². The van der Waals surface area contributed by atoms with Gasteiger partial charge in [0.15, 0.2) is 5.65 Å². The number of aryl methyl sites for hydroxylation is 2. The van der Waals surface area contributed by atoms with Gasteiger partial charge in [0.05, 0.1) is 6.20 Å². The molecule has 1 saturated heterocycles. The third kappa shape index (κ3) is 4.65. The molecule has 4 rings (SSSR count). The molecule has 0 bridgehead atoms. The average molecular weight is 392 g/mol. The standard InChI is InChI=1S/C23H29N5O/c1-17-12-18(2)28-22(26-17)21(15-25-28)23(29)24-14-19-8-7-9-20(13-19)16-27-10-5-3-4-6-11-27/h7-9,12-13,15H,3-6,10-11,14,16H2,1-2H3,(H,24,29). The summed E-state index contributed by atoms with van der Waals surface area (Å²) in [5, 5.41) is 7.34. The second kappa shape index (κ2) is 8.74. The predicted molar refractivity (Wildman–Crippen MR) is 114 cm³/mol. The molecule has 29 heavy (non-hydrogen) atoms. The predicted octanol–water partition coefficient (Wildman–Crippen LogP) is 3.65. The van der Waals surface area contributed by atoms with Crippen LogP contribution in [0.3, 0.4) is 0 Å². The Bertz CT molecular complexity index is 1000. The van der Waals surface area contributed by atoms with Gasteiger partial charge in [0.2, 0.25) is 0 Å². The van der Waals surface area contributed by atoms with Crippen molar-refractivity contribution in [2.24, 2.45) is 0 Å². The first kappa shape index (κ1) is 19.6. The molecule has 1 aliphatic rings. The van der Waals surface area contributed by atoms with Crippen molar-refractivity contribution < 1.29 is 4.79 Å². The number of hydrogen-bond donors (Lipinski definition) is 1. The van der Waals surface area contributed by atoms with Crippen LogP contribution in [0.1, 0.15) is 58.6 Å². The summed E-state index contributed by atoms with van der Waals surface area (Å²) in [6, 6.07) is 10.5. The summed E-state index contributed by atoms with van der Waals surface area (Å²) in [6.07, 6.45) is 6.88. The van der Waals surface area contributed by atoms with E-state index in [0.717, 1.165) is 23.5 Å². The van der Waals surface area contributed by atoms with Crippen molar-refractivity contribution >= 4 is 11.6 Å². The zero-order valence-electron chi connectivity index (χ0n) is 17.3. The Morgan fingerprint density at radius 3 is 2.62 bits per heavy atom. The molecule has 3 heterocycles. The van der Waals surface area contributed by atoms with E-state index in [9.17, 15) is 4.79 Å². The van der Waals surface area contributed by atoms with Crippen LogP contribution >= 0.6 is 0 Å². The Balaban J connectivity index is 1.42. The number of fused-ring (bicyclic) bond motifs is 1. The highest BCUT2D eigenvalue weighted by Crippen LogP contribution is 2.15. The van der Waals surface area contributed by atoms with Crippen LogP contribution in [-0.2, 0) is 13.1 Å². The van der Waals surface area contributed by atoms with Gasteiger partial charge in [0.25, 0.3) is 5.91 Å². The van der Waals surface area contributed by atoms with E-state index in [1.165, 1.54) is 44.3 Å². The monoisotopic (exact) mass is 391 g/mol. The molecule has 0 atom stereocenters. The Kier molecular flexibility index (Phi) is 5.90. The van der Waals surface area contributed by atoms with E-state index in [1.54, 1.807) is 10.7 Å². The van der Waals surface area contributed by atoms with Gasteiger partial charge in [-0.15, -0.1) is 0 Å². The summed E-state index contributed by atoms with van der Waals surface area (Å²) < 4.78 is 1.71. The summed E-state index contributed by atoms with van der Waals surface area (Å²) in [7, 11) is 0. The maximum Gasteiger partial charge on any atom is 0.257 e. The lowest BCUT2D eigenvalue weighted by Crippen LogP contribution is -2.24. The zero-order valence-corrected chi connectivity index (χ0v) is 17.3. The summed E-state index contributed by atoms with van der Waals surface area (Å²) in [5.41, 5.74) is 5.39. The van der Waals surface area contributed by atoms with E-state index in [-0.39, 0.29) is 5.91 Å². The lowest BCUT2D eigenvalue weighted by Gasteiger charge is -2.20. The van der Waals surface area contributed by atoms with Crippen LogP contribution in [-0.4, -0.2) is 38.5 Å². The van der Waals surface area contributed by atoms with Gasteiger partial charge in [-0.1, -0.05) is 37.1 Å². The Morgan fingerprint density at radius 1 is 1.07 bits per heavy atom. The smallest absolute Gasteiger partial charge is 0.257 e. The number of rotatable bonds is 5. The molecule has 152 valence electrons. The topological polar surface area (TPSA) is 62.5 Å². The van der Waals surface area contributed by atoms with Crippen molar-refractivity contribution in [1.29, 1.82) is 0 Å². The number of likely N-dealkylation sites (tertiary alicyclic amines) is 1. The van der Waals surface area contributed by atoms with Gasteiger partial charge in [-0.05, 0) is 57.0 Å². The van der Waals surface area contributed by atoms with Gasteiger partial charge in [-0.25, -0.2) is 9.50 Å². The summed E-state index contributed by atoms with van der Waals surface area (Å²) >= 11 is 0. The average Bonchev–Trinajstić information content (AvgIpc) is 2.96. The lowest BCUT2D eigenvalue weighted by molar-refractivity contribution is 0.0952. The molecule has 1 aromatic carbocycles. The van der Waals surface area contributed by atoms with Gasteiger partial charge < -0.3 is 5.32 Å². The first-order valence-electron chi connectivity index (χ1n) is 10.5. The van der Waals surface area contributed by atoms with E-state index < -0.39 is 0 Å². The molecular formula is C23H29N5O. The first-order valence-corrected chi connectivity index (χ1v) is 10.5. The zero-order chi connectivity index (χ0) is 20.2. The van der Waals surface area contributed by atoms with Gasteiger partial charge in [-0.3, -0.25) is 9.69 Å². The maximum atomic E-state index is 12.7. The van der Waals surface area contributed by atoms with Crippen LogP contribution in [0.2, 0.25) is 0 Å². The van der Waals surface area contributed by atoms with Crippen molar-refractivity contribution in [2.45, 2.75) is 52.6 Å². The highest BCUT2D eigenvalue weighted by atomic mass is 16.1. The number of nitrogens with one attached hydrogen (secondary N) is 1. The maximum absolute atomic E-state index is 12.7. The molecule has 2 aromatic heterocycles. The van der Waals surface area contributed by atoms with Crippen LogP contribution in [0.5, 0.6) is 0 Å². The minimum atomic E-state index is -0.143. The molecule has 0 spiro atoms. The fraction of sp³-hybridized carbons (Fsp3) is 0.435. The quantitative estimate of drug-likeness (QED) is 0.721. The molecule has 3 aromatic rings. The molecule has 0 unspecified atom stereocenters. The minimum Gasteiger partial charge on any atom is -0.348 e. The second-order valence-corrected chi connectivity index (χ2v) is 8.03. The number of benzene rings is 1. The summed E-state index contributed by atoms with van der Waals surface area (Å²) in [4.78, 5) is 19.8. The molecule has 1 aliphatic heterocycles. The van der Waals surface area contributed by atoms with E-state index in [4.69, 9.17) is 0 Å². The highest BCUT2D eigenvalue weighted by Gasteiger charge is 2.15. The van der Waals surface area contributed by atoms with Gasteiger partial charge >= 0.3 is 0 Å². The van der Waals surface area contributed by atoms with Crippen LogP contribution in [0.4, 0.5) is 0 Å². The molecule has 0 saturated carbocycles. The SMILES string of the molecule is Cc1cc(C)n2ncc(C(=O)NCc3cccc(CN4CCCCCC4)c3)c2n1. The molecule has 0 radical (unpaired) electrons. The number of aromatic nitrogens is 3. The molecule has 1 amide bonds. The largest absolute Gasteiger partial charge is 0.348 e. The van der Waals surface area contributed by atoms with Crippen molar-refractivity contribution in [1.82, 2.24) is 24.8 Å². The number of carbonyl (C=O) groups is 1. The number of hydrogen-bond acceptors (Lipinski definition) is 4. The summed E-state index contributed by atoms with van der Waals surface area (Å²) in [6.45, 7) is 7.74. The lowest BCUT2D eigenvalue weighted by atomic mass is 10.1. The molecule has 6 nitrogen and oxygen atoms in total. The minimum absolute atomic E-state index is 0.143. The van der Waals surface area contributed by atoms with Crippen molar-refractivity contribution in [3.63, 3.8) is 0 Å². The van der Waals surface area contributed by atoms with Gasteiger partial charge in [-0.2, -0.15) is 5.10 Å². The van der Waals surface area contributed by atoms with Crippen molar-refractivity contribution in [2.75, 3.05) is 13.1 Å². The number of amides is 1. The van der Waals surface area contributed by atoms with E-state index >= 15 is 0 Å². The number of carbonyl (C=O) groups excluding carboxylic acids is 1. The Morgan fingerprint density at radius 2 is 1.83 bits per heavy atom. The molecule has 0 aliphatic carbocycles. The van der Waals surface area contributed by atoms with Gasteiger partial charge in [0, 0.05) is 24.5 Å². The van der Waals surface area contributed by atoms with Crippen LogP contribution in [0.15, 0.2) is 36.5 Å². The Hall–Kier alpha value is -2.73. The van der Waals surface area contributed by atoms with Gasteiger partial charge in [0.1, 0.15) is 5.56 Å². The Labute approximate surface area is 171 Å². The molecule has 6 heteroatoms. The first-order chi connectivity index (χ1) is 14.1. The third-order valence-electron chi connectivity index (χ3n) is 5.57. The molecule has 1 N–H and O–H groups in total. The van der Waals surface area contributed by atoms with Crippen molar-refractivity contribution in [3.05, 3.63) is 64.6 Å². The van der Waals surface area contributed by atoms with Crippen LogP contribution < -0.4 is 5.32 Å². The van der Waals surface area contributed by atoms with E-state index in [2.05, 4.69) is 44.6 Å².